The molecule has 0 spiro atoms. The molecule has 0 aliphatic heterocycles. The van der Waals surface area contributed by atoms with Gasteiger partial charge in [-0.05, 0) is 26.8 Å². The van der Waals surface area contributed by atoms with Crippen molar-refractivity contribution in [2.45, 2.75) is 26.8 Å². The second-order valence-electron chi connectivity index (χ2n) is 3.56. The number of aromatic nitrogens is 3. The van der Waals surface area contributed by atoms with Crippen LogP contribution in [-0.4, -0.2) is 14.5 Å². The summed E-state index contributed by atoms with van der Waals surface area (Å²) in [7, 11) is 0. The van der Waals surface area contributed by atoms with E-state index in [1.54, 1.807) is 0 Å². The van der Waals surface area contributed by atoms with Gasteiger partial charge in [-0.1, -0.05) is 0 Å². The molecule has 13 heavy (non-hydrogen) atoms. The highest BCUT2D eigenvalue weighted by Gasteiger charge is 2.05. The Hall–Kier alpha value is -1.38. The third-order valence-corrected chi connectivity index (χ3v) is 2.15. The molecule has 0 amide bonds. The molecule has 3 heteroatoms. The third kappa shape index (κ3) is 1.30. The summed E-state index contributed by atoms with van der Waals surface area (Å²) in [5.41, 5.74) is 3.18. The fourth-order valence-corrected chi connectivity index (χ4v) is 1.44. The molecule has 2 aromatic heterocycles. The SMILES string of the molecule is Cc1cc2c(cn1)ncn2C(C)C. The smallest absolute Gasteiger partial charge is 0.107 e. The zero-order valence-corrected chi connectivity index (χ0v) is 8.15. The summed E-state index contributed by atoms with van der Waals surface area (Å²) in [5.74, 6) is 0. The first-order valence-electron chi connectivity index (χ1n) is 4.47. The maximum atomic E-state index is 4.28. The van der Waals surface area contributed by atoms with Crippen LogP contribution in [0.4, 0.5) is 0 Å². The van der Waals surface area contributed by atoms with Crippen LogP contribution in [0.5, 0.6) is 0 Å². The lowest BCUT2D eigenvalue weighted by Gasteiger charge is -2.07. The number of nitrogens with zero attached hydrogens (tertiary/aromatic N) is 3. The number of hydrogen-bond donors (Lipinski definition) is 0. The van der Waals surface area contributed by atoms with Gasteiger partial charge in [0.1, 0.15) is 5.52 Å². The standard InChI is InChI=1S/C10H13N3/c1-7(2)13-6-12-9-5-11-8(3)4-10(9)13/h4-7H,1-3H3. The Kier molecular flexibility index (Phi) is 1.79. The minimum atomic E-state index is 0.451. The summed E-state index contributed by atoms with van der Waals surface area (Å²) in [6.07, 6.45) is 3.69. The third-order valence-electron chi connectivity index (χ3n) is 2.15. The van der Waals surface area contributed by atoms with Crippen molar-refractivity contribution >= 4 is 11.0 Å². The van der Waals surface area contributed by atoms with Crippen molar-refractivity contribution in [1.82, 2.24) is 14.5 Å². The molecule has 0 fully saturated rings. The molecule has 0 aromatic carbocycles. The lowest BCUT2D eigenvalue weighted by molar-refractivity contribution is 0.617. The highest BCUT2D eigenvalue weighted by atomic mass is 15.1. The van der Waals surface area contributed by atoms with Crippen LogP contribution in [0.3, 0.4) is 0 Å². The maximum absolute atomic E-state index is 4.28. The Balaban J connectivity index is 2.71. The van der Waals surface area contributed by atoms with Crippen LogP contribution in [-0.2, 0) is 0 Å². The Labute approximate surface area is 77.4 Å². The van der Waals surface area contributed by atoms with Gasteiger partial charge in [-0.3, -0.25) is 4.98 Å². The molecule has 0 unspecified atom stereocenters. The molecule has 0 bridgehead atoms. The van der Waals surface area contributed by atoms with Crippen molar-refractivity contribution in [3.8, 4) is 0 Å². The van der Waals surface area contributed by atoms with Crippen molar-refractivity contribution in [3.05, 3.63) is 24.3 Å². The zero-order chi connectivity index (χ0) is 9.42. The molecule has 0 N–H and O–H groups in total. The lowest BCUT2D eigenvalue weighted by Crippen LogP contribution is -1.98. The highest BCUT2D eigenvalue weighted by Crippen LogP contribution is 2.16. The summed E-state index contributed by atoms with van der Waals surface area (Å²) in [6, 6.07) is 2.52. The summed E-state index contributed by atoms with van der Waals surface area (Å²) >= 11 is 0. The van der Waals surface area contributed by atoms with E-state index in [0.29, 0.717) is 6.04 Å². The van der Waals surface area contributed by atoms with Crippen molar-refractivity contribution in [3.63, 3.8) is 0 Å². The van der Waals surface area contributed by atoms with Gasteiger partial charge < -0.3 is 4.57 Å². The first kappa shape index (κ1) is 8.23. The van der Waals surface area contributed by atoms with E-state index in [1.807, 2.05) is 19.4 Å². The fourth-order valence-electron chi connectivity index (χ4n) is 1.44. The summed E-state index contributed by atoms with van der Waals surface area (Å²) in [6.45, 7) is 6.30. The van der Waals surface area contributed by atoms with Crippen LogP contribution in [0.1, 0.15) is 25.6 Å². The van der Waals surface area contributed by atoms with E-state index >= 15 is 0 Å². The van der Waals surface area contributed by atoms with Gasteiger partial charge in [-0.15, -0.1) is 0 Å². The van der Waals surface area contributed by atoms with Crippen LogP contribution in [0.15, 0.2) is 18.6 Å². The van der Waals surface area contributed by atoms with Gasteiger partial charge in [-0.25, -0.2) is 4.98 Å². The minimum Gasteiger partial charge on any atom is -0.328 e. The second kappa shape index (κ2) is 2.83. The quantitative estimate of drug-likeness (QED) is 0.666. The molecule has 0 saturated carbocycles. The molecule has 3 nitrogen and oxygen atoms in total. The monoisotopic (exact) mass is 175 g/mol. The Bertz CT molecular complexity index is 429. The van der Waals surface area contributed by atoms with Crippen molar-refractivity contribution in [1.29, 1.82) is 0 Å². The molecule has 0 radical (unpaired) electrons. The molecular formula is C10H13N3. The van der Waals surface area contributed by atoms with Crippen LogP contribution in [0, 0.1) is 6.92 Å². The van der Waals surface area contributed by atoms with E-state index in [1.165, 1.54) is 5.52 Å². The first-order chi connectivity index (χ1) is 6.18. The molecule has 0 atom stereocenters. The molecule has 68 valence electrons. The van der Waals surface area contributed by atoms with E-state index in [-0.39, 0.29) is 0 Å². The van der Waals surface area contributed by atoms with Gasteiger partial charge in [0.15, 0.2) is 0 Å². The fraction of sp³-hybridized carbons (Fsp3) is 0.400. The number of fused-ring (bicyclic) bond motifs is 1. The van der Waals surface area contributed by atoms with Crippen LogP contribution >= 0.6 is 0 Å². The molecule has 2 heterocycles. The number of imidazole rings is 1. The van der Waals surface area contributed by atoms with E-state index in [2.05, 4.69) is 34.4 Å². The summed E-state index contributed by atoms with van der Waals surface area (Å²) in [4.78, 5) is 8.49. The van der Waals surface area contributed by atoms with Crippen LogP contribution < -0.4 is 0 Å². The largest absolute Gasteiger partial charge is 0.328 e. The minimum absolute atomic E-state index is 0.451. The molecule has 0 aliphatic rings. The molecular weight excluding hydrogens is 162 g/mol. The van der Waals surface area contributed by atoms with E-state index in [4.69, 9.17) is 0 Å². The number of aryl methyl sites for hydroxylation is 1. The normalized spacial score (nSPS) is 11.4. The Morgan fingerprint density at radius 3 is 2.77 bits per heavy atom. The number of hydrogen-bond acceptors (Lipinski definition) is 2. The molecule has 0 aliphatic carbocycles. The van der Waals surface area contributed by atoms with Gasteiger partial charge in [0.2, 0.25) is 0 Å². The van der Waals surface area contributed by atoms with Crippen molar-refractivity contribution in [2.75, 3.05) is 0 Å². The maximum Gasteiger partial charge on any atom is 0.107 e. The van der Waals surface area contributed by atoms with Gasteiger partial charge in [0, 0.05) is 11.7 Å². The average molecular weight is 175 g/mol. The predicted octanol–water partition coefficient (Wildman–Crippen LogP) is 2.32. The van der Waals surface area contributed by atoms with Crippen molar-refractivity contribution < 1.29 is 0 Å². The first-order valence-corrected chi connectivity index (χ1v) is 4.47. The van der Waals surface area contributed by atoms with Crippen LogP contribution in [0.25, 0.3) is 11.0 Å². The number of rotatable bonds is 1. The molecule has 0 saturated heterocycles. The predicted molar refractivity (Wildman–Crippen MR) is 52.7 cm³/mol. The summed E-state index contributed by atoms with van der Waals surface area (Å²) in [5, 5.41) is 0. The average Bonchev–Trinajstić information content (AvgIpc) is 2.46. The second-order valence-corrected chi connectivity index (χ2v) is 3.56. The number of pyridine rings is 1. The lowest BCUT2D eigenvalue weighted by atomic mass is 10.3. The Morgan fingerprint density at radius 1 is 1.31 bits per heavy atom. The Morgan fingerprint density at radius 2 is 2.08 bits per heavy atom. The molecule has 2 aromatic rings. The van der Waals surface area contributed by atoms with E-state index in [0.717, 1.165) is 11.2 Å². The highest BCUT2D eigenvalue weighted by molar-refractivity contribution is 5.74. The zero-order valence-electron chi connectivity index (χ0n) is 8.15. The van der Waals surface area contributed by atoms with Crippen molar-refractivity contribution in [2.24, 2.45) is 0 Å². The van der Waals surface area contributed by atoms with E-state index < -0.39 is 0 Å². The van der Waals surface area contributed by atoms with Gasteiger partial charge >= 0.3 is 0 Å². The topological polar surface area (TPSA) is 30.7 Å². The van der Waals surface area contributed by atoms with Crippen LogP contribution in [0.2, 0.25) is 0 Å². The van der Waals surface area contributed by atoms with Gasteiger partial charge in [0.25, 0.3) is 0 Å². The van der Waals surface area contributed by atoms with Gasteiger partial charge in [0.05, 0.1) is 18.0 Å². The van der Waals surface area contributed by atoms with E-state index in [9.17, 15) is 0 Å². The van der Waals surface area contributed by atoms with Gasteiger partial charge in [-0.2, -0.15) is 0 Å². The summed E-state index contributed by atoms with van der Waals surface area (Å²) < 4.78 is 2.16. The molecule has 2 rings (SSSR count).